The third-order valence-corrected chi connectivity index (χ3v) is 4.82. The molecule has 22 heavy (non-hydrogen) atoms. The highest BCUT2D eigenvalue weighted by atomic mass is 19.3. The normalized spacial score (nSPS) is 21.1. The van der Waals surface area contributed by atoms with Gasteiger partial charge in [-0.3, -0.25) is 0 Å². The fourth-order valence-electron chi connectivity index (χ4n) is 2.74. The number of alkyl halides is 4. The maximum atomic E-state index is 13.9. The van der Waals surface area contributed by atoms with Gasteiger partial charge in [0.05, 0.1) is 0 Å². The lowest BCUT2D eigenvalue weighted by molar-refractivity contribution is -0.340. The van der Waals surface area contributed by atoms with Gasteiger partial charge in [-0.1, -0.05) is 47.6 Å². The van der Waals surface area contributed by atoms with Gasteiger partial charge in [0.2, 0.25) is 0 Å². The zero-order chi connectivity index (χ0) is 17.1. The number of hydrogen-bond donors (Lipinski definition) is 0. The molecule has 0 heterocycles. The SMILES string of the molecule is CC1c2cc(OC(F)(F)C(F)(F)C(C)(C)C)ccc2C1(C)C. The summed E-state index contributed by atoms with van der Waals surface area (Å²) in [6, 6.07) is 4.45. The van der Waals surface area contributed by atoms with Gasteiger partial charge in [0.15, 0.2) is 0 Å². The molecule has 0 N–H and O–H groups in total. The topological polar surface area (TPSA) is 9.23 Å². The van der Waals surface area contributed by atoms with E-state index >= 15 is 0 Å². The van der Waals surface area contributed by atoms with Crippen molar-refractivity contribution in [3.05, 3.63) is 29.3 Å². The van der Waals surface area contributed by atoms with Gasteiger partial charge in [0.25, 0.3) is 0 Å². The fourth-order valence-corrected chi connectivity index (χ4v) is 2.74. The Morgan fingerprint density at radius 1 is 1.05 bits per heavy atom. The van der Waals surface area contributed by atoms with Gasteiger partial charge in [0.1, 0.15) is 5.75 Å². The van der Waals surface area contributed by atoms with Crippen LogP contribution in [0.4, 0.5) is 17.6 Å². The monoisotopic (exact) mass is 318 g/mol. The molecule has 0 fully saturated rings. The Labute approximate surface area is 128 Å². The molecule has 1 aromatic carbocycles. The molecule has 1 unspecified atom stereocenters. The van der Waals surface area contributed by atoms with Crippen molar-refractivity contribution in [2.75, 3.05) is 0 Å². The van der Waals surface area contributed by atoms with Crippen molar-refractivity contribution < 1.29 is 22.3 Å². The van der Waals surface area contributed by atoms with E-state index in [1.54, 1.807) is 6.07 Å². The van der Waals surface area contributed by atoms with Crippen LogP contribution < -0.4 is 4.74 Å². The average molecular weight is 318 g/mol. The molecule has 0 radical (unpaired) electrons. The second kappa shape index (κ2) is 4.62. The van der Waals surface area contributed by atoms with E-state index in [2.05, 4.69) is 18.6 Å². The number of hydrogen-bond acceptors (Lipinski definition) is 1. The Kier molecular flexibility index (Phi) is 3.59. The van der Waals surface area contributed by atoms with Crippen LogP contribution in [-0.2, 0) is 5.41 Å². The smallest absolute Gasteiger partial charge is 0.428 e. The van der Waals surface area contributed by atoms with Gasteiger partial charge >= 0.3 is 12.0 Å². The third kappa shape index (κ3) is 2.29. The second-order valence-corrected chi connectivity index (χ2v) is 7.64. The summed E-state index contributed by atoms with van der Waals surface area (Å²) in [7, 11) is 0. The molecule has 5 heteroatoms. The van der Waals surface area contributed by atoms with Crippen molar-refractivity contribution in [1.29, 1.82) is 0 Å². The van der Waals surface area contributed by atoms with E-state index in [9.17, 15) is 17.6 Å². The minimum Gasteiger partial charge on any atom is -0.428 e. The van der Waals surface area contributed by atoms with E-state index < -0.39 is 17.4 Å². The Morgan fingerprint density at radius 3 is 2.09 bits per heavy atom. The van der Waals surface area contributed by atoms with Gasteiger partial charge < -0.3 is 4.74 Å². The predicted octanol–water partition coefficient (Wildman–Crippen LogP) is 5.73. The van der Waals surface area contributed by atoms with Crippen LogP contribution in [0.3, 0.4) is 0 Å². The van der Waals surface area contributed by atoms with E-state index in [-0.39, 0.29) is 17.1 Å². The Bertz CT molecular complexity index is 585. The van der Waals surface area contributed by atoms with Crippen molar-refractivity contribution >= 4 is 0 Å². The van der Waals surface area contributed by atoms with Crippen molar-refractivity contribution in [2.24, 2.45) is 5.41 Å². The maximum Gasteiger partial charge on any atom is 0.464 e. The highest BCUT2D eigenvalue weighted by molar-refractivity contribution is 5.51. The molecular formula is C17H22F4O. The van der Waals surface area contributed by atoms with Crippen LogP contribution >= 0.6 is 0 Å². The summed E-state index contributed by atoms with van der Waals surface area (Å²) in [6.07, 6.45) is -4.57. The zero-order valence-electron chi connectivity index (χ0n) is 13.7. The fraction of sp³-hybridized carbons (Fsp3) is 0.647. The van der Waals surface area contributed by atoms with Crippen LogP contribution in [0.2, 0.25) is 0 Å². The second-order valence-electron chi connectivity index (χ2n) is 7.64. The summed E-state index contributed by atoms with van der Waals surface area (Å²) in [5.41, 5.74) is -0.0345. The third-order valence-electron chi connectivity index (χ3n) is 4.82. The molecule has 1 aliphatic carbocycles. The Hall–Kier alpha value is -1.26. The number of halogens is 4. The lowest BCUT2D eigenvalue weighted by Gasteiger charge is -2.45. The number of fused-ring (bicyclic) bond motifs is 1. The molecule has 0 saturated carbocycles. The largest absolute Gasteiger partial charge is 0.464 e. The summed E-state index contributed by atoms with van der Waals surface area (Å²) in [6.45, 7) is 9.28. The summed E-state index contributed by atoms with van der Waals surface area (Å²) in [5, 5.41) is 0. The number of benzene rings is 1. The first-order valence-corrected chi connectivity index (χ1v) is 7.31. The molecule has 1 aliphatic rings. The standard InChI is InChI=1S/C17H22F4O/c1-10-12-9-11(7-8-13(12)15(10,5)6)22-17(20,21)16(18,19)14(2,3)4/h7-10H,1-6H3. The highest BCUT2D eigenvalue weighted by Crippen LogP contribution is 2.53. The molecule has 0 saturated heterocycles. The first-order valence-electron chi connectivity index (χ1n) is 7.31. The zero-order valence-corrected chi connectivity index (χ0v) is 13.7. The molecule has 1 nitrogen and oxygen atoms in total. The molecule has 0 aromatic heterocycles. The Balaban J connectivity index is 2.29. The van der Waals surface area contributed by atoms with E-state index in [0.29, 0.717) is 0 Å². The van der Waals surface area contributed by atoms with Crippen LogP contribution in [0.15, 0.2) is 18.2 Å². The van der Waals surface area contributed by atoms with Crippen LogP contribution in [-0.4, -0.2) is 12.0 Å². The quantitative estimate of drug-likeness (QED) is 0.646. The molecular weight excluding hydrogens is 296 g/mol. The van der Waals surface area contributed by atoms with Gasteiger partial charge in [-0.2, -0.15) is 17.6 Å². The van der Waals surface area contributed by atoms with Crippen molar-refractivity contribution in [1.82, 2.24) is 0 Å². The summed E-state index contributed by atoms with van der Waals surface area (Å²) >= 11 is 0. The molecule has 0 amide bonds. The predicted molar refractivity (Wildman–Crippen MR) is 77.9 cm³/mol. The maximum absolute atomic E-state index is 13.9. The molecule has 0 aliphatic heterocycles. The average Bonchev–Trinajstić information content (AvgIpc) is 2.36. The molecule has 124 valence electrons. The Morgan fingerprint density at radius 2 is 1.59 bits per heavy atom. The van der Waals surface area contributed by atoms with Gasteiger partial charge in [-0.25, -0.2) is 0 Å². The number of rotatable bonds is 3. The lowest BCUT2D eigenvalue weighted by Crippen LogP contribution is -2.53. The van der Waals surface area contributed by atoms with Crippen LogP contribution in [0.1, 0.15) is 58.6 Å². The minimum atomic E-state index is -4.57. The summed E-state index contributed by atoms with van der Waals surface area (Å²) < 4.78 is 60.0. The summed E-state index contributed by atoms with van der Waals surface area (Å²) in [5.74, 6) is -4.34. The van der Waals surface area contributed by atoms with Crippen LogP contribution in [0, 0.1) is 5.41 Å². The summed E-state index contributed by atoms with van der Waals surface area (Å²) in [4.78, 5) is 0. The molecule has 1 aromatic rings. The number of ether oxygens (including phenoxy) is 1. The first kappa shape index (κ1) is 17.1. The van der Waals surface area contributed by atoms with Gasteiger partial charge in [-0.05, 0) is 34.6 Å². The van der Waals surface area contributed by atoms with Gasteiger partial charge in [-0.15, -0.1) is 0 Å². The van der Waals surface area contributed by atoms with Crippen molar-refractivity contribution in [2.45, 2.75) is 64.9 Å². The van der Waals surface area contributed by atoms with Crippen molar-refractivity contribution in [3.63, 3.8) is 0 Å². The molecule has 0 spiro atoms. The van der Waals surface area contributed by atoms with Crippen molar-refractivity contribution in [3.8, 4) is 5.75 Å². The first-order chi connectivity index (χ1) is 9.72. The molecule has 0 bridgehead atoms. The van der Waals surface area contributed by atoms with Gasteiger partial charge in [0, 0.05) is 5.41 Å². The molecule has 2 rings (SSSR count). The van der Waals surface area contributed by atoms with Crippen LogP contribution in [0.25, 0.3) is 0 Å². The van der Waals surface area contributed by atoms with E-state index in [1.165, 1.54) is 12.1 Å². The minimum absolute atomic E-state index is 0.0360. The van der Waals surface area contributed by atoms with Crippen LogP contribution in [0.5, 0.6) is 5.75 Å². The van der Waals surface area contributed by atoms with E-state index in [0.717, 1.165) is 31.9 Å². The lowest BCUT2D eigenvalue weighted by atomic mass is 9.59. The van der Waals surface area contributed by atoms with E-state index in [1.807, 2.05) is 6.92 Å². The highest BCUT2D eigenvalue weighted by Gasteiger charge is 2.66. The van der Waals surface area contributed by atoms with E-state index in [4.69, 9.17) is 0 Å². The molecule has 1 atom stereocenters.